The van der Waals surface area contributed by atoms with Crippen molar-refractivity contribution in [2.75, 3.05) is 32.7 Å². The lowest BCUT2D eigenvalue weighted by atomic mass is 9.75. The zero-order chi connectivity index (χ0) is 26.7. The standard InChI is InChI=1S/C23H29ClN6O6S/c1-13(20(36-4)21-25-10-16(24)11-26-21)37(32,33)29-23-28-27-22(15-8-14(9-15)12-31)30(23)19-17(34-2)6-5-7-18(19)35-3/h5-7,10-11,13-15,20,31H,8-9,12H2,1-4H3,(H,28,29)/t13?,14-,15+,20?. The predicted molar refractivity (Wildman–Crippen MR) is 136 cm³/mol. The number of nitrogens with one attached hydrogen (secondary N) is 1. The lowest BCUT2D eigenvalue weighted by Gasteiger charge is -2.33. The molecule has 0 bridgehead atoms. The molecule has 1 saturated carbocycles. The van der Waals surface area contributed by atoms with Gasteiger partial charge in [0, 0.05) is 32.0 Å². The molecule has 1 aliphatic rings. The van der Waals surface area contributed by atoms with Gasteiger partial charge in [0.15, 0.2) is 5.82 Å². The van der Waals surface area contributed by atoms with Crippen LogP contribution in [0.3, 0.4) is 0 Å². The molecule has 4 rings (SSSR count). The highest BCUT2D eigenvalue weighted by molar-refractivity contribution is 7.93. The molecule has 2 N–H and O–H groups in total. The van der Waals surface area contributed by atoms with Gasteiger partial charge < -0.3 is 19.3 Å². The van der Waals surface area contributed by atoms with Gasteiger partial charge in [0.05, 0.1) is 19.2 Å². The summed E-state index contributed by atoms with van der Waals surface area (Å²) in [6.07, 6.45) is 3.14. The molecule has 2 atom stereocenters. The van der Waals surface area contributed by atoms with Crippen LogP contribution in [0.2, 0.25) is 5.02 Å². The summed E-state index contributed by atoms with van der Waals surface area (Å²) in [6, 6.07) is 5.23. The molecule has 0 saturated heterocycles. The highest BCUT2D eigenvalue weighted by Gasteiger charge is 2.38. The molecule has 2 aromatic heterocycles. The average molecular weight is 553 g/mol. The first-order valence-corrected chi connectivity index (χ1v) is 13.5. The fourth-order valence-corrected chi connectivity index (χ4v) is 5.58. The summed E-state index contributed by atoms with van der Waals surface area (Å²) in [5.41, 5.74) is 0.453. The largest absolute Gasteiger partial charge is 0.494 e. The monoisotopic (exact) mass is 552 g/mol. The first-order chi connectivity index (χ1) is 17.7. The zero-order valence-corrected chi connectivity index (χ0v) is 22.4. The number of para-hydroxylation sites is 1. The van der Waals surface area contributed by atoms with Gasteiger partial charge >= 0.3 is 0 Å². The molecule has 37 heavy (non-hydrogen) atoms. The molecule has 0 aliphatic heterocycles. The number of nitrogens with zero attached hydrogens (tertiary/aromatic N) is 5. The molecule has 200 valence electrons. The zero-order valence-electron chi connectivity index (χ0n) is 20.8. The van der Waals surface area contributed by atoms with Gasteiger partial charge in [-0.3, -0.25) is 9.29 Å². The topological polar surface area (TPSA) is 151 Å². The molecular formula is C23H29ClN6O6S. The Morgan fingerprint density at radius 3 is 2.30 bits per heavy atom. The number of rotatable bonds is 11. The molecular weight excluding hydrogens is 524 g/mol. The molecule has 0 radical (unpaired) electrons. The molecule has 1 fully saturated rings. The van der Waals surface area contributed by atoms with Crippen molar-refractivity contribution in [3.63, 3.8) is 0 Å². The number of anilines is 1. The SMILES string of the molecule is COc1cccc(OC)c1-n1c(NS(=O)(=O)C(C)C(OC)c2ncc(Cl)cn2)nnc1[C@H]1C[C@@H](CO)C1. The molecule has 2 heterocycles. The summed E-state index contributed by atoms with van der Waals surface area (Å²) in [7, 11) is 0.293. The van der Waals surface area contributed by atoms with Crippen LogP contribution >= 0.6 is 11.6 Å². The van der Waals surface area contributed by atoms with Gasteiger partial charge in [-0.25, -0.2) is 18.4 Å². The minimum absolute atomic E-state index is 0.0378. The van der Waals surface area contributed by atoms with Crippen molar-refractivity contribution in [1.29, 1.82) is 0 Å². The van der Waals surface area contributed by atoms with Crippen LogP contribution < -0.4 is 14.2 Å². The molecule has 14 heteroatoms. The van der Waals surface area contributed by atoms with Crippen LogP contribution in [0.5, 0.6) is 11.5 Å². The van der Waals surface area contributed by atoms with Crippen molar-refractivity contribution < 1.29 is 27.7 Å². The Morgan fingerprint density at radius 1 is 1.14 bits per heavy atom. The number of aliphatic hydroxyl groups excluding tert-OH is 1. The first-order valence-electron chi connectivity index (χ1n) is 11.5. The molecule has 1 aliphatic carbocycles. The minimum Gasteiger partial charge on any atom is -0.494 e. The van der Waals surface area contributed by atoms with E-state index in [2.05, 4.69) is 24.9 Å². The highest BCUT2D eigenvalue weighted by atomic mass is 35.5. The maximum Gasteiger partial charge on any atom is 0.243 e. The quantitative estimate of drug-likeness (QED) is 0.363. The smallest absolute Gasteiger partial charge is 0.243 e. The number of hydrogen-bond acceptors (Lipinski definition) is 10. The number of aromatic nitrogens is 5. The predicted octanol–water partition coefficient (Wildman–Crippen LogP) is 2.73. The third kappa shape index (κ3) is 5.35. The van der Waals surface area contributed by atoms with Crippen LogP contribution in [0.4, 0.5) is 5.95 Å². The van der Waals surface area contributed by atoms with Gasteiger partial charge in [-0.2, -0.15) is 0 Å². The van der Waals surface area contributed by atoms with Gasteiger partial charge in [0.25, 0.3) is 0 Å². The van der Waals surface area contributed by atoms with Crippen LogP contribution in [0, 0.1) is 5.92 Å². The lowest BCUT2D eigenvalue weighted by molar-refractivity contribution is 0.0950. The Balaban J connectivity index is 1.76. The molecule has 0 spiro atoms. The number of halogens is 1. The summed E-state index contributed by atoms with van der Waals surface area (Å²) >= 11 is 5.88. The van der Waals surface area contributed by atoms with Gasteiger partial charge in [0.2, 0.25) is 16.0 Å². The van der Waals surface area contributed by atoms with E-state index in [9.17, 15) is 13.5 Å². The third-order valence-electron chi connectivity index (χ3n) is 6.47. The van der Waals surface area contributed by atoms with Crippen molar-refractivity contribution in [3.05, 3.63) is 47.3 Å². The number of benzene rings is 1. The second kappa shape index (κ2) is 11.2. The minimum atomic E-state index is -4.10. The van der Waals surface area contributed by atoms with Gasteiger partial charge in [-0.05, 0) is 37.8 Å². The number of sulfonamides is 1. The Kier molecular flexibility index (Phi) is 8.17. The fraction of sp³-hybridized carbons (Fsp3) is 0.478. The van der Waals surface area contributed by atoms with Crippen molar-refractivity contribution in [1.82, 2.24) is 24.7 Å². The Labute approximate surface area is 220 Å². The van der Waals surface area contributed by atoms with E-state index in [1.165, 1.54) is 40.6 Å². The van der Waals surface area contributed by atoms with Gasteiger partial charge in [-0.15, -0.1) is 10.2 Å². The number of ether oxygens (including phenoxy) is 3. The second-order valence-corrected chi connectivity index (χ2v) is 11.2. The maximum atomic E-state index is 13.5. The number of hydrogen-bond donors (Lipinski definition) is 2. The van der Waals surface area contributed by atoms with E-state index in [4.69, 9.17) is 25.8 Å². The second-order valence-electron chi connectivity index (χ2n) is 8.71. The fourth-order valence-electron chi connectivity index (χ4n) is 4.35. The Bertz CT molecular complexity index is 1310. The normalized spacial score (nSPS) is 19.1. The van der Waals surface area contributed by atoms with Crippen molar-refractivity contribution in [2.24, 2.45) is 5.92 Å². The molecule has 0 amide bonds. The molecule has 1 aromatic carbocycles. The van der Waals surface area contributed by atoms with Gasteiger partial charge in [0.1, 0.15) is 34.4 Å². The average Bonchev–Trinajstić information content (AvgIpc) is 3.25. The highest BCUT2D eigenvalue weighted by Crippen LogP contribution is 2.44. The van der Waals surface area contributed by atoms with Crippen LogP contribution in [-0.4, -0.2) is 71.4 Å². The van der Waals surface area contributed by atoms with Gasteiger partial charge in [-0.1, -0.05) is 17.7 Å². The van der Waals surface area contributed by atoms with E-state index < -0.39 is 21.4 Å². The maximum absolute atomic E-state index is 13.5. The summed E-state index contributed by atoms with van der Waals surface area (Å²) in [5, 5.41) is 17.2. The first kappa shape index (κ1) is 27.0. The third-order valence-corrected chi connectivity index (χ3v) is 8.36. The van der Waals surface area contributed by atoms with Crippen molar-refractivity contribution in [2.45, 2.75) is 37.0 Å². The Hall–Kier alpha value is -3.00. The molecule has 12 nitrogen and oxygen atoms in total. The summed E-state index contributed by atoms with van der Waals surface area (Å²) in [5.74, 6) is 1.65. The van der Waals surface area contributed by atoms with E-state index in [0.29, 0.717) is 40.9 Å². The van der Waals surface area contributed by atoms with Crippen molar-refractivity contribution >= 4 is 27.6 Å². The molecule has 2 unspecified atom stereocenters. The van der Waals surface area contributed by atoms with Crippen LogP contribution in [0.25, 0.3) is 5.69 Å². The summed E-state index contributed by atoms with van der Waals surface area (Å²) in [6.45, 7) is 1.56. The van der Waals surface area contributed by atoms with Crippen molar-refractivity contribution in [3.8, 4) is 17.2 Å². The van der Waals surface area contributed by atoms with Crippen LogP contribution in [-0.2, 0) is 14.8 Å². The van der Waals surface area contributed by atoms with E-state index in [1.807, 2.05) is 0 Å². The van der Waals surface area contributed by atoms with E-state index in [0.717, 1.165) is 0 Å². The molecule has 3 aromatic rings. The Morgan fingerprint density at radius 2 is 1.76 bits per heavy atom. The lowest BCUT2D eigenvalue weighted by Crippen LogP contribution is -2.33. The summed E-state index contributed by atoms with van der Waals surface area (Å²) < 4.78 is 47.9. The van der Waals surface area contributed by atoms with E-state index in [-0.39, 0.29) is 30.2 Å². The summed E-state index contributed by atoms with van der Waals surface area (Å²) in [4.78, 5) is 8.23. The van der Waals surface area contributed by atoms with E-state index >= 15 is 0 Å². The van der Waals surface area contributed by atoms with E-state index in [1.54, 1.807) is 22.8 Å². The van der Waals surface area contributed by atoms with Crippen LogP contribution in [0.1, 0.15) is 43.4 Å². The number of aliphatic hydroxyl groups is 1. The van der Waals surface area contributed by atoms with Crippen LogP contribution in [0.15, 0.2) is 30.6 Å². The number of methoxy groups -OCH3 is 3.